The number of carboxylic acid groups (broad SMARTS) is 1. The number of aromatic nitrogens is 2. The first-order valence-electron chi connectivity index (χ1n) is 12.8. The van der Waals surface area contributed by atoms with E-state index >= 15 is 0 Å². The molecule has 6 rings (SSSR count). The molecule has 8 heteroatoms. The van der Waals surface area contributed by atoms with Crippen LogP contribution >= 0.6 is 23.2 Å². The van der Waals surface area contributed by atoms with E-state index in [0.717, 1.165) is 60.8 Å². The van der Waals surface area contributed by atoms with E-state index in [9.17, 15) is 9.90 Å². The number of aromatic carboxylic acids is 1. The second-order valence-electron chi connectivity index (χ2n) is 10.3. The molecule has 4 aromatic rings. The van der Waals surface area contributed by atoms with Crippen molar-refractivity contribution in [1.29, 1.82) is 0 Å². The number of ether oxygens (including phenoxy) is 1. The molecular weight excluding hydrogens is 511 g/mol. The molecule has 0 aliphatic heterocycles. The van der Waals surface area contributed by atoms with Crippen molar-refractivity contribution < 1.29 is 19.2 Å². The first kappa shape index (κ1) is 24.5. The van der Waals surface area contributed by atoms with E-state index in [4.69, 9.17) is 32.5 Å². The first-order valence-corrected chi connectivity index (χ1v) is 13.5. The molecule has 0 atom stereocenters. The van der Waals surface area contributed by atoms with Gasteiger partial charge in [0, 0.05) is 41.2 Å². The summed E-state index contributed by atoms with van der Waals surface area (Å²) < 4.78 is 14.1. The third kappa shape index (κ3) is 4.67. The number of carboxylic acids is 1. The van der Waals surface area contributed by atoms with Crippen molar-refractivity contribution in [1.82, 2.24) is 9.72 Å². The highest BCUT2D eigenvalue weighted by molar-refractivity contribution is 6.39. The maximum atomic E-state index is 11.5. The number of carbonyl (C=O) groups is 1. The highest BCUT2D eigenvalue weighted by atomic mass is 35.5. The minimum absolute atomic E-state index is 0.158. The van der Waals surface area contributed by atoms with Gasteiger partial charge in [0.25, 0.3) is 0 Å². The Kier molecular flexibility index (Phi) is 6.51. The van der Waals surface area contributed by atoms with E-state index in [0.29, 0.717) is 45.3 Å². The Bertz CT molecular complexity index is 1460. The molecule has 0 spiro atoms. The molecule has 2 aliphatic carbocycles. The van der Waals surface area contributed by atoms with E-state index in [1.807, 2.05) is 35.9 Å². The van der Waals surface area contributed by atoms with Crippen LogP contribution in [0.3, 0.4) is 0 Å². The summed E-state index contributed by atoms with van der Waals surface area (Å²) >= 11 is 13.0. The van der Waals surface area contributed by atoms with Crippen LogP contribution in [0.5, 0.6) is 0 Å². The summed E-state index contributed by atoms with van der Waals surface area (Å²) in [4.78, 5) is 11.5. The van der Waals surface area contributed by atoms with E-state index < -0.39 is 5.97 Å². The Balaban J connectivity index is 1.15. The zero-order valence-electron chi connectivity index (χ0n) is 20.5. The van der Waals surface area contributed by atoms with Gasteiger partial charge < -0.3 is 18.9 Å². The largest absolute Gasteiger partial charge is 0.478 e. The number of rotatable bonds is 7. The third-order valence-electron chi connectivity index (χ3n) is 7.82. The minimum Gasteiger partial charge on any atom is -0.478 e. The Morgan fingerprint density at radius 3 is 2.46 bits per heavy atom. The molecule has 1 N–H and O–H groups in total. The number of halogens is 2. The van der Waals surface area contributed by atoms with Gasteiger partial charge >= 0.3 is 5.97 Å². The van der Waals surface area contributed by atoms with Gasteiger partial charge in [0.15, 0.2) is 0 Å². The summed E-state index contributed by atoms with van der Waals surface area (Å²) in [6.45, 7) is 0.425. The Morgan fingerprint density at radius 2 is 1.78 bits per heavy atom. The van der Waals surface area contributed by atoms with Gasteiger partial charge in [-0.1, -0.05) is 46.6 Å². The van der Waals surface area contributed by atoms with Crippen LogP contribution in [-0.2, 0) is 18.4 Å². The fourth-order valence-corrected chi connectivity index (χ4v) is 6.21. The average molecular weight is 539 g/mol. The zero-order chi connectivity index (χ0) is 25.7. The van der Waals surface area contributed by atoms with Crippen molar-refractivity contribution >= 4 is 40.1 Å². The molecule has 2 aromatic carbocycles. The monoisotopic (exact) mass is 538 g/mol. The number of fused-ring (bicyclic) bond motifs is 1. The van der Waals surface area contributed by atoms with Gasteiger partial charge in [-0.05, 0) is 68.2 Å². The van der Waals surface area contributed by atoms with Crippen LogP contribution in [0.15, 0.2) is 47.1 Å². The van der Waals surface area contributed by atoms with E-state index in [2.05, 4.69) is 17.3 Å². The van der Waals surface area contributed by atoms with Crippen LogP contribution in [0, 0.1) is 0 Å². The highest BCUT2D eigenvalue weighted by Crippen LogP contribution is 2.46. The van der Waals surface area contributed by atoms with Crippen LogP contribution in [0.2, 0.25) is 10.0 Å². The molecule has 0 amide bonds. The van der Waals surface area contributed by atoms with Gasteiger partial charge in [0.1, 0.15) is 11.5 Å². The second-order valence-corrected chi connectivity index (χ2v) is 11.1. The lowest BCUT2D eigenvalue weighted by Crippen LogP contribution is -2.21. The van der Waals surface area contributed by atoms with E-state index in [1.54, 1.807) is 6.20 Å². The van der Waals surface area contributed by atoms with Crippen molar-refractivity contribution in [2.45, 2.75) is 63.1 Å². The van der Waals surface area contributed by atoms with Crippen LogP contribution in [0.1, 0.15) is 77.6 Å². The Hall–Kier alpha value is -2.80. The lowest BCUT2D eigenvalue weighted by molar-refractivity contribution is 0.0129. The number of aryl methyl sites for hydroxylation is 1. The molecule has 2 aliphatic rings. The van der Waals surface area contributed by atoms with E-state index in [1.165, 1.54) is 5.56 Å². The first-order chi connectivity index (χ1) is 17.9. The maximum absolute atomic E-state index is 11.5. The summed E-state index contributed by atoms with van der Waals surface area (Å²) in [6.07, 6.45) is 8.01. The molecule has 2 fully saturated rings. The van der Waals surface area contributed by atoms with Gasteiger partial charge in [-0.15, -0.1) is 0 Å². The van der Waals surface area contributed by atoms with Gasteiger partial charge in [-0.2, -0.15) is 0 Å². The second kappa shape index (κ2) is 9.82. The Morgan fingerprint density at radius 1 is 1.08 bits per heavy atom. The summed E-state index contributed by atoms with van der Waals surface area (Å²) in [6, 6.07) is 11.6. The average Bonchev–Trinajstić information content (AvgIpc) is 3.57. The minimum atomic E-state index is -0.895. The standard InChI is InChI=1S/C29H28Cl2N2O4/c1-33-14-21(29(34)35)20-12-9-18(13-25(20)33)16-7-10-19(11-8-16)36-15-22-27(32-37-28(22)17-5-6-17)26-23(30)3-2-4-24(26)31/h2-4,9,12-14,16-17,19H,5-8,10-11,15H2,1H3,(H,34,35). The molecular formula is C29H28Cl2N2O4. The van der Waals surface area contributed by atoms with Crippen molar-refractivity contribution in [3.05, 3.63) is 75.1 Å². The predicted octanol–water partition coefficient (Wildman–Crippen LogP) is 7.96. The SMILES string of the molecule is Cn1cc(C(=O)O)c2ccc(C3CCC(OCc4c(-c5c(Cl)cccc5Cl)noc4C4CC4)CC3)cc21. The van der Waals surface area contributed by atoms with Crippen LogP contribution in [0.4, 0.5) is 0 Å². The summed E-state index contributed by atoms with van der Waals surface area (Å²) in [5.74, 6) is 0.832. The fourth-order valence-electron chi connectivity index (χ4n) is 5.64. The number of hydrogen-bond acceptors (Lipinski definition) is 4. The van der Waals surface area contributed by atoms with Crippen molar-refractivity contribution in [2.24, 2.45) is 7.05 Å². The molecule has 6 nitrogen and oxygen atoms in total. The van der Waals surface area contributed by atoms with Gasteiger partial charge in [0.05, 0.1) is 28.3 Å². The topological polar surface area (TPSA) is 77.5 Å². The summed E-state index contributed by atoms with van der Waals surface area (Å²) in [7, 11) is 1.90. The summed E-state index contributed by atoms with van der Waals surface area (Å²) in [5.41, 5.74) is 4.91. The van der Waals surface area contributed by atoms with Gasteiger partial charge in [-0.3, -0.25) is 0 Å². The lowest BCUT2D eigenvalue weighted by atomic mass is 9.82. The molecule has 2 heterocycles. The fraction of sp³-hybridized carbons (Fsp3) is 0.379. The van der Waals surface area contributed by atoms with E-state index in [-0.39, 0.29) is 6.10 Å². The number of nitrogens with zero attached hydrogens (tertiary/aromatic N) is 2. The van der Waals surface area contributed by atoms with Crippen LogP contribution < -0.4 is 0 Å². The van der Waals surface area contributed by atoms with Crippen molar-refractivity contribution in [3.8, 4) is 11.3 Å². The van der Waals surface area contributed by atoms with Crippen LogP contribution in [-0.4, -0.2) is 26.9 Å². The van der Waals surface area contributed by atoms with Crippen molar-refractivity contribution in [2.75, 3.05) is 0 Å². The smallest absolute Gasteiger partial charge is 0.337 e. The molecule has 0 unspecified atom stereocenters. The Labute approximate surface area is 225 Å². The highest BCUT2D eigenvalue weighted by Gasteiger charge is 2.34. The lowest BCUT2D eigenvalue weighted by Gasteiger charge is -2.29. The molecule has 0 radical (unpaired) electrons. The third-order valence-corrected chi connectivity index (χ3v) is 8.45. The quantitative estimate of drug-likeness (QED) is 0.258. The van der Waals surface area contributed by atoms with Gasteiger partial charge in [-0.25, -0.2) is 4.79 Å². The molecule has 0 saturated heterocycles. The normalized spacial score (nSPS) is 20.0. The number of hydrogen-bond donors (Lipinski definition) is 1. The summed E-state index contributed by atoms with van der Waals surface area (Å²) in [5, 5.41) is 15.7. The molecule has 192 valence electrons. The van der Waals surface area contributed by atoms with Gasteiger partial charge in [0.2, 0.25) is 0 Å². The molecule has 0 bridgehead atoms. The molecule has 37 heavy (non-hydrogen) atoms. The van der Waals surface area contributed by atoms with Crippen LogP contribution in [0.25, 0.3) is 22.2 Å². The zero-order valence-corrected chi connectivity index (χ0v) is 22.1. The number of benzene rings is 2. The maximum Gasteiger partial charge on any atom is 0.337 e. The van der Waals surface area contributed by atoms with Crippen molar-refractivity contribution in [3.63, 3.8) is 0 Å². The predicted molar refractivity (Wildman–Crippen MR) is 144 cm³/mol. The molecule has 2 aromatic heterocycles. The molecule has 2 saturated carbocycles.